The molecule has 0 aliphatic carbocycles. The Morgan fingerprint density at radius 2 is 1.06 bits per heavy atom. The zero-order chi connectivity index (χ0) is 31.6. The Balaban J connectivity index is 1.34. The van der Waals surface area contributed by atoms with Crippen LogP contribution in [0.25, 0.3) is 88.9 Å². The van der Waals surface area contributed by atoms with Crippen LogP contribution in [0.3, 0.4) is 0 Å². The molecule has 0 N–H and O–H groups in total. The average Bonchev–Trinajstić information content (AvgIpc) is 3.68. The van der Waals surface area contributed by atoms with Crippen molar-refractivity contribution in [1.29, 1.82) is 0 Å². The van der Waals surface area contributed by atoms with Crippen molar-refractivity contribution in [3.05, 3.63) is 158 Å². The van der Waals surface area contributed by atoms with E-state index in [9.17, 15) is 0 Å². The summed E-state index contributed by atoms with van der Waals surface area (Å²) in [6, 6.07) is 52.5. The second kappa shape index (κ2) is 10.4. The minimum atomic E-state index is 0.547. The number of fused-ring (bicyclic) bond motifs is 8. The van der Waals surface area contributed by atoms with E-state index in [1.165, 1.54) is 16.3 Å². The minimum Gasteiger partial charge on any atom is -0.309 e. The van der Waals surface area contributed by atoms with E-state index in [2.05, 4.69) is 112 Å². The Morgan fingerprint density at radius 1 is 0.438 bits per heavy atom. The van der Waals surface area contributed by atoms with Gasteiger partial charge in [-0.25, -0.2) is 15.0 Å². The lowest BCUT2D eigenvalue weighted by atomic mass is 10.1. The molecule has 0 amide bonds. The van der Waals surface area contributed by atoms with Crippen molar-refractivity contribution in [2.45, 2.75) is 0 Å². The SMILES string of the molecule is c1ccc(-c2cnc3c(-c4ccccc4)nc(-n4c5ccccc5c5c4ccc4c6ccccc6n(-c6ccccc6)c45)nc3n2)cc1. The highest BCUT2D eigenvalue weighted by Gasteiger charge is 2.23. The summed E-state index contributed by atoms with van der Waals surface area (Å²) < 4.78 is 4.57. The number of para-hydroxylation sites is 3. The number of nitrogens with zero attached hydrogens (tertiary/aromatic N) is 6. The second-order valence-corrected chi connectivity index (χ2v) is 11.9. The van der Waals surface area contributed by atoms with Crippen LogP contribution in [0, 0.1) is 0 Å². The van der Waals surface area contributed by atoms with Crippen LogP contribution in [0.5, 0.6) is 0 Å². The van der Waals surface area contributed by atoms with E-state index in [0.29, 0.717) is 17.1 Å². The molecule has 0 aliphatic heterocycles. The van der Waals surface area contributed by atoms with Gasteiger partial charge in [-0.3, -0.25) is 4.57 Å². The van der Waals surface area contributed by atoms with Gasteiger partial charge in [0, 0.05) is 38.4 Å². The van der Waals surface area contributed by atoms with Crippen LogP contribution >= 0.6 is 0 Å². The van der Waals surface area contributed by atoms with E-state index in [-0.39, 0.29) is 0 Å². The van der Waals surface area contributed by atoms with Crippen LogP contribution in [0.1, 0.15) is 0 Å². The molecule has 6 heteroatoms. The molecule has 0 bridgehead atoms. The number of benzene rings is 6. The van der Waals surface area contributed by atoms with E-state index in [1.807, 2.05) is 54.7 Å². The standard InChI is InChI=1S/C42H26N6/c1-4-14-27(15-5-1)33-26-43-39-38(28-16-6-2-7-17-28)45-42(46-41(39)44-33)48-35-23-13-11-21-32(35)37-36(48)25-24-31-30-20-10-12-22-34(30)47(40(31)37)29-18-8-3-9-19-29/h1-26H. The highest BCUT2D eigenvalue weighted by molar-refractivity contribution is 6.26. The first-order valence-corrected chi connectivity index (χ1v) is 16.0. The van der Waals surface area contributed by atoms with Crippen LogP contribution in [-0.2, 0) is 0 Å². The quantitative estimate of drug-likeness (QED) is 0.198. The van der Waals surface area contributed by atoms with E-state index < -0.39 is 0 Å². The third-order valence-corrected chi connectivity index (χ3v) is 9.20. The average molecular weight is 615 g/mol. The lowest BCUT2D eigenvalue weighted by Gasteiger charge is -2.12. The number of rotatable bonds is 4. The molecule has 10 aromatic rings. The molecule has 0 aliphatic rings. The summed E-state index contributed by atoms with van der Waals surface area (Å²) in [5.41, 5.74) is 10.2. The van der Waals surface area contributed by atoms with E-state index in [4.69, 9.17) is 19.9 Å². The summed E-state index contributed by atoms with van der Waals surface area (Å²) in [5, 5.41) is 4.70. The number of hydrogen-bond acceptors (Lipinski definition) is 4. The molecule has 0 atom stereocenters. The van der Waals surface area contributed by atoms with Gasteiger partial charge in [-0.2, -0.15) is 4.98 Å². The van der Waals surface area contributed by atoms with Crippen molar-refractivity contribution >= 4 is 54.8 Å². The molecule has 6 nitrogen and oxygen atoms in total. The fourth-order valence-electron chi connectivity index (χ4n) is 7.11. The molecule has 0 radical (unpaired) electrons. The van der Waals surface area contributed by atoms with Crippen LogP contribution in [0.2, 0.25) is 0 Å². The summed E-state index contributed by atoms with van der Waals surface area (Å²) in [5.74, 6) is 0.550. The van der Waals surface area contributed by atoms with Gasteiger partial charge in [0.25, 0.3) is 0 Å². The Labute approximate surface area is 275 Å². The van der Waals surface area contributed by atoms with Gasteiger partial charge in [0.15, 0.2) is 5.65 Å². The molecule has 48 heavy (non-hydrogen) atoms. The van der Waals surface area contributed by atoms with E-state index in [0.717, 1.165) is 55.5 Å². The van der Waals surface area contributed by atoms with Gasteiger partial charge < -0.3 is 4.57 Å². The fraction of sp³-hybridized carbons (Fsp3) is 0. The summed E-state index contributed by atoms with van der Waals surface area (Å²) in [6.45, 7) is 0. The highest BCUT2D eigenvalue weighted by atomic mass is 15.2. The topological polar surface area (TPSA) is 61.4 Å². The van der Waals surface area contributed by atoms with E-state index in [1.54, 1.807) is 0 Å². The lowest BCUT2D eigenvalue weighted by molar-refractivity contribution is 0.999. The van der Waals surface area contributed by atoms with Gasteiger partial charge in [0.05, 0.1) is 34.0 Å². The van der Waals surface area contributed by atoms with Crippen LogP contribution in [-0.4, -0.2) is 29.1 Å². The van der Waals surface area contributed by atoms with Crippen LogP contribution in [0.15, 0.2) is 158 Å². The first-order chi connectivity index (χ1) is 23.8. The van der Waals surface area contributed by atoms with Gasteiger partial charge in [0.1, 0.15) is 11.2 Å². The normalized spacial score (nSPS) is 11.8. The predicted octanol–water partition coefficient (Wildman–Crippen LogP) is 9.95. The lowest BCUT2D eigenvalue weighted by Crippen LogP contribution is -2.05. The maximum Gasteiger partial charge on any atom is 0.237 e. The smallest absolute Gasteiger partial charge is 0.237 e. The Bertz CT molecular complexity index is 2820. The monoisotopic (exact) mass is 614 g/mol. The van der Waals surface area contributed by atoms with Crippen LogP contribution < -0.4 is 0 Å². The minimum absolute atomic E-state index is 0.547. The molecule has 0 spiro atoms. The highest BCUT2D eigenvalue weighted by Crippen LogP contribution is 2.42. The predicted molar refractivity (Wildman–Crippen MR) is 195 cm³/mol. The van der Waals surface area contributed by atoms with Crippen molar-refractivity contribution in [2.24, 2.45) is 0 Å². The zero-order valence-electron chi connectivity index (χ0n) is 25.7. The third kappa shape index (κ3) is 3.93. The molecule has 10 rings (SSSR count). The molecule has 0 unspecified atom stereocenters. The van der Waals surface area contributed by atoms with Gasteiger partial charge >= 0.3 is 0 Å². The molecule has 0 saturated heterocycles. The van der Waals surface area contributed by atoms with Gasteiger partial charge in [-0.15, -0.1) is 0 Å². The first kappa shape index (κ1) is 26.5. The summed E-state index contributed by atoms with van der Waals surface area (Å²) >= 11 is 0. The summed E-state index contributed by atoms with van der Waals surface area (Å²) in [6.07, 6.45) is 1.81. The van der Waals surface area contributed by atoms with Gasteiger partial charge in [0.2, 0.25) is 5.95 Å². The zero-order valence-corrected chi connectivity index (χ0v) is 25.7. The molecule has 0 saturated carbocycles. The van der Waals surface area contributed by atoms with Gasteiger partial charge in [-0.05, 0) is 30.3 Å². The van der Waals surface area contributed by atoms with Crippen molar-refractivity contribution in [1.82, 2.24) is 29.1 Å². The van der Waals surface area contributed by atoms with Crippen LogP contribution in [0.4, 0.5) is 0 Å². The first-order valence-electron chi connectivity index (χ1n) is 16.0. The molecule has 6 aromatic carbocycles. The molecule has 4 heterocycles. The Morgan fingerprint density at radius 3 is 1.81 bits per heavy atom. The Hall–Kier alpha value is -6.66. The summed E-state index contributed by atoms with van der Waals surface area (Å²) in [7, 11) is 0. The molecular weight excluding hydrogens is 589 g/mol. The maximum atomic E-state index is 5.26. The van der Waals surface area contributed by atoms with Gasteiger partial charge in [-0.1, -0.05) is 121 Å². The molecule has 224 valence electrons. The fourth-order valence-corrected chi connectivity index (χ4v) is 7.11. The van der Waals surface area contributed by atoms with Crippen molar-refractivity contribution in [2.75, 3.05) is 0 Å². The number of hydrogen-bond donors (Lipinski definition) is 0. The van der Waals surface area contributed by atoms with Crippen molar-refractivity contribution < 1.29 is 0 Å². The number of aromatic nitrogens is 6. The van der Waals surface area contributed by atoms with Crippen molar-refractivity contribution in [3.8, 4) is 34.2 Å². The third-order valence-electron chi connectivity index (χ3n) is 9.20. The molecule has 4 aromatic heterocycles. The van der Waals surface area contributed by atoms with E-state index >= 15 is 0 Å². The summed E-state index contributed by atoms with van der Waals surface area (Å²) in [4.78, 5) is 20.4. The largest absolute Gasteiger partial charge is 0.309 e. The molecular formula is C42H26N6. The Kier molecular flexibility index (Phi) is 5.77. The molecule has 0 fully saturated rings. The van der Waals surface area contributed by atoms with Crippen molar-refractivity contribution in [3.63, 3.8) is 0 Å². The second-order valence-electron chi connectivity index (χ2n) is 11.9. The maximum absolute atomic E-state index is 5.26.